The van der Waals surface area contributed by atoms with Crippen molar-refractivity contribution in [3.63, 3.8) is 0 Å². The molecule has 45 heavy (non-hydrogen) atoms. The fraction of sp³-hybridized carbons (Fsp3) is 0.462. The number of nitrogens with zero attached hydrogens (tertiary/aromatic N) is 2. The monoisotopic (exact) mass is 680 g/mol. The molecule has 2 aromatic rings. The first-order chi connectivity index (χ1) is 20.6. The number of rotatable bonds is 10. The van der Waals surface area contributed by atoms with Crippen molar-refractivity contribution in [2.75, 3.05) is 17.2 Å². The Labute approximate surface area is 253 Å². The van der Waals surface area contributed by atoms with E-state index in [0.29, 0.717) is 18.9 Å². The maximum Gasteiger partial charge on any atom is 0.417 e. The number of unbranched alkanes of at least 4 members (excludes halogenated alkanes) is 2. The van der Waals surface area contributed by atoms with Gasteiger partial charge < -0.3 is 14.2 Å². The van der Waals surface area contributed by atoms with Crippen LogP contribution in [-0.2, 0) is 45.6 Å². The number of carbonyl (C=O) groups excluding carboxylic acids is 3. The number of carbonyl (C=O) groups is 3. The number of benzene rings is 1. The van der Waals surface area contributed by atoms with E-state index in [4.69, 9.17) is 8.97 Å². The molecule has 2 N–H and O–H groups in total. The predicted molar refractivity (Wildman–Crippen MR) is 150 cm³/mol. The average molecular weight is 681 g/mol. The molecule has 1 saturated heterocycles. The van der Waals surface area contributed by atoms with Crippen LogP contribution in [0.4, 0.5) is 18.9 Å². The largest absolute Gasteiger partial charge is 0.423 e. The van der Waals surface area contributed by atoms with Crippen LogP contribution in [0, 0.1) is 0 Å². The molecule has 1 aromatic heterocycles. The molecule has 1 aromatic carbocycles. The molecule has 2 aliphatic rings. The summed E-state index contributed by atoms with van der Waals surface area (Å²) in [7, 11) is -9.49. The predicted octanol–water partition coefficient (Wildman–Crippen LogP) is 2.72. The Morgan fingerprint density at radius 3 is 2.31 bits per heavy atom. The number of alkyl halides is 3. The third-order valence-electron chi connectivity index (χ3n) is 7.24. The van der Waals surface area contributed by atoms with Crippen LogP contribution in [0.3, 0.4) is 0 Å². The van der Waals surface area contributed by atoms with Crippen molar-refractivity contribution in [2.45, 2.75) is 62.9 Å². The fourth-order valence-electron chi connectivity index (χ4n) is 5.30. The third-order valence-corrected chi connectivity index (χ3v) is 9.00. The van der Waals surface area contributed by atoms with Gasteiger partial charge in [0.2, 0.25) is 0 Å². The quantitative estimate of drug-likeness (QED) is 0.160. The molecule has 14 nitrogen and oxygen atoms in total. The molecule has 1 unspecified atom stereocenters. The van der Waals surface area contributed by atoms with Gasteiger partial charge in [-0.2, -0.15) is 30.0 Å². The first kappa shape index (κ1) is 34.1. The number of hydrogen-bond donors (Lipinski definition) is 2. The molecular weight excluding hydrogens is 653 g/mol. The lowest BCUT2D eigenvalue weighted by atomic mass is 9.87. The molecule has 0 bridgehead atoms. The van der Waals surface area contributed by atoms with Crippen LogP contribution in [0.2, 0.25) is 0 Å². The second-order valence-corrected chi connectivity index (χ2v) is 14.1. The van der Waals surface area contributed by atoms with Gasteiger partial charge in [0.05, 0.1) is 17.5 Å². The first-order valence-corrected chi connectivity index (χ1v) is 16.4. The molecule has 0 spiro atoms. The molecule has 19 heteroatoms. The highest BCUT2D eigenvalue weighted by Crippen LogP contribution is 2.44. The molecule has 3 heterocycles. The minimum absolute atomic E-state index is 0.00264. The van der Waals surface area contributed by atoms with Crippen molar-refractivity contribution >= 4 is 60.2 Å². The molecule has 0 saturated carbocycles. The first-order valence-electron chi connectivity index (χ1n) is 13.3. The van der Waals surface area contributed by atoms with Crippen molar-refractivity contribution in [1.82, 2.24) is 5.06 Å². The van der Waals surface area contributed by atoms with Crippen LogP contribution < -0.4 is 10.5 Å². The molecule has 2 amide bonds. The Kier molecular flexibility index (Phi) is 8.97. The van der Waals surface area contributed by atoms with E-state index in [1.165, 1.54) is 12.1 Å². The summed E-state index contributed by atoms with van der Waals surface area (Å²) in [6.07, 6.45) is -3.75. The van der Waals surface area contributed by atoms with Crippen molar-refractivity contribution in [2.24, 2.45) is 0 Å². The van der Waals surface area contributed by atoms with E-state index in [2.05, 4.69) is 4.84 Å². The van der Waals surface area contributed by atoms with Crippen molar-refractivity contribution in [1.29, 1.82) is 0 Å². The van der Waals surface area contributed by atoms with Gasteiger partial charge in [0.1, 0.15) is 11.3 Å². The Morgan fingerprint density at radius 2 is 1.73 bits per heavy atom. The van der Waals surface area contributed by atoms with Gasteiger partial charge in [-0.25, -0.2) is 9.59 Å². The van der Waals surface area contributed by atoms with Gasteiger partial charge in [0, 0.05) is 41.7 Å². The summed E-state index contributed by atoms with van der Waals surface area (Å²) in [5.41, 5.74) is -3.56. The second-order valence-electron chi connectivity index (χ2n) is 11.1. The standard InChI is InChI=1S/C26H27F3N2O12S2/c1-25(2)12-14(13-44(36,37)38)15-8-16-17(26(27,28)29)9-23(34)42-19(16)10-18(15)30(25)7-5-3-4-6-22(33)43-31-21(32)11-20(24(31)35)45(39,40)41/h8-10,12,20H,3-7,11,13H2,1-2H3,(H,36,37,38)(H,39,40,41). The number of anilines is 1. The second kappa shape index (κ2) is 11.8. The van der Waals surface area contributed by atoms with Gasteiger partial charge >= 0.3 is 17.8 Å². The maximum atomic E-state index is 13.8. The SMILES string of the molecule is CC1(C)C=C(CS(=O)(=O)O)c2cc3c(C(F)(F)F)cc(=O)oc3cc2N1CCCCCC(=O)ON1C(=O)CC(S(=O)(=O)O)C1=O. The molecule has 1 fully saturated rings. The van der Waals surface area contributed by atoms with Crippen molar-refractivity contribution < 1.29 is 62.8 Å². The number of halogens is 3. The highest BCUT2D eigenvalue weighted by molar-refractivity contribution is 7.87. The summed E-state index contributed by atoms with van der Waals surface area (Å²) >= 11 is 0. The highest BCUT2D eigenvalue weighted by atomic mass is 32.2. The smallest absolute Gasteiger partial charge is 0.417 e. The number of fused-ring (bicyclic) bond motifs is 2. The Morgan fingerprint density at radius 1 is 1.07 bits per heavy atom. The van der Waals surface area contributed by atoms with Crippen LogP contribution in [0.15, 0.2) is 33.5 Å². The minimum Gasteiger partial charge on any atom is -0.423 e. The molecule has 0 aliphatic carbocycles. The average Bonchev–Trinajstić information content (AvgIpc) is 3.15. The van der Waals surface area contributed by atoms with E-state index in [1.54, 1.807) is 18.7 Å². The summed E-state index contributed by atoms with van der Waals surface area (Å²) < 4.78 is 111. The Bertz CT molecular complexity index is 1880. The maximum absolute atomic E-state index is 13.8. The normalized spacial score (nSPS) is 18.7. The zero-order valence-electron chi connectivity index (χ0n) is 23.7. The molecule has 1 atom stereocenters. The van der Waals surface area contributed by atoms with Crippen LogP contribution >= 0.6 is 0 Å². The zero-order valence-corrected chi connectivity index (χ0v) is 25.3. The molecule has 4 rings (SSSR count). The lowest BCUT2D eigenvalue weighted by molar-refractivity contribution is -0.197. The van der Waals surface area contributed by atoms with E-state index >= 15 is 0 Å². The van der Waals surface area contributed by atoms with Gasteiger partial charge in [-0.3, -0.25) is 18.7 Å². The number of imide groups is 1. The van der Waals surface area contributed by atoms with Crippen LogP contribution in [0.1, 0.15) is 57.1 Å². The summed E-state index contributed by atoms with van der Waals surface area (Å²) in [4.78, 5) is 54.5. The molecular formula is C26H27F3N2O12S2. The van der Waals surface area contributed by atoms with Crippen molar-refractivity contribution in [3.05, 3.63) is 45.8 Å². The van der Waals surface area contributed by atoms with Gasteiger partial charge in [0.15, 0.2) is 5.25 Å². The Hall–Kier alpha value is -3.81. The highest BCUT2D eigenvalue weighted by Gasteiger charge is 2.48. The summed E-state index contributed by atoms with van der Waals surface area (Å²) in [5, 5.41) is -2.55. The lowest BCUT2D eigenvalue weighted by Crippen LogP contribution is -2.46. The van der Waals surface area contributed by atoms with E-state index in [9.17, 15) is 53.7 Å². The number of hydroxylamine groups is 2. The summed E-state index contributed by atoms with van der Waals surface area (Å²) in [5.74, 6) is -4.42. The van der Waals surface area contributed by atoms with E-state index < -0.39 is 89.3 Å². The van der Waals surface area contributed by atoms with Gasteiger partial charge in [-0.05, 0) is 38.3 Å². The lowest BCUT2D eigenvalue weighted by Gasteiger charge is -2.44. The minimum atomic E-state index is -4.93. The summed E-state index contributed by atoms with van der Waals surface area (Å²) in [6, 6.07) is 2.54. The Balaban J connectivity index is 1.52. The molecule has 246 valence electrons. The topological polar surface area (TPSA) is 206 Å². The van der Waals surface area contributed by atoms with E-state index in [1.807, 2.05) is 0 Å². The third kappa shape index (κ3) is 7.54. The number of hydrogen-bond acceptors (Lipinski definition) is 11. The number of amides is 2. The summed E-state index contributed by atoms with van der Waals surface area (Å²) in [6.45, 7) is 3.58. The fourth-order valence-corrected chi connectivity index (χ4v) is 6.64. The van der Waals surface area contributed by atoms with Crippen LogP contribution in [-0.4, -0.2) is 71.9 Å². The van der Waals surface area contributed by atoms with Crippen LogP contribution in [0.25, 0.3) is 16.5 Å². The van der Waals surface area contributed by atoms with Crippen LogP contribution in [0.5, 0.6) is 0 Å². The molecule has 0 radical (unpaired) electrons. The van der Waals surface area contributed by atoms with Gasteiger partial charge in [-0.1, -0.05) is 12.5 Å². The van der Waals surface area contributed by atoms with E-state index in [-0.39, 0.29) is 41.3 Å². The zero-order chi connectivity index (χ0) is 33.7. The van der Waals surface area contributed by atoms with Gasteiger partial charge in [0.25, 0.3) is 32.1 Å². The van der Waals surface area contributed by atoms with E-state index in [0.717, 1.165) is 6.07 Å². The molecule has 2 aliphatic heterocycles. The van der Waals surface area contributed by atoms with Gasteiger partial charge in [-0.15, -0.1) is 5.06 Å². The van der Waals surface area contributed by atoms with Crippen molar-refractivity contribution in [3.8, 4) is 0 Å².